The molecule has 0 aromatic carbocycles. The lowest BCUT2D eigenvalue weighted by molar-refractivity contribution is -0.167. The average molecular weight is 278 g/mol. The van der Waals surface area contributed by atoms with E-state index in [1.807, 2.05) is 0 Å². The standard InChI is InChI=1S/C9H9F3N4O3/c10-9(11,12)7(19)14-8-13-5-2-1-4(6(17)18)3-16(5)15-8/h4H,1-3H2,(H,17,18)(H,14,15,19). The van der Waals surface area contributed by atoms with Crippen LogP contribution in [0.25, 0.3) is 0 Å². The van der Waals surface area contributed by atoms with Gasteiger partial charge in [-0.3, -0.25) is 14.9 Å². The monoisotopic (exact) mass is 278 g/mol. The number of hydrogen-bond donors (Lipinski definition) is 2. The minimum atomic E-state index is -5.02. The molecule has 10 heteroatoms. The largest absolute Gasteiger partial charge is 0.481 e. The quantitative estimate of drug-likeness (QED) is 0.817. The second kappa shape index (κ2) is 4.52. The molecule has 2 heterocycles. The van der Waals surface area contributed by atoms with Gasteiger partial charge >= 0.3 is 18.1 Å². The van der Waals surface area contributed by atoms with Crippen molar-refractivity contribution in [2.24, 2.45) is 5.92 Å². The van der Waals surface area contributed by atoms with E-state index in [0.29, 0.717) is 12.2 Å². The van der Waals surface area contributed by atoms with Crippen LogP contribution in [0.1, 0.15) is 12.2 Å². The zero-order valence-electron chi connectivity index (χ0n) is 9.44. The molecule has 1 amide bonds. The first-order valence-corrected chi connectivity index (χ1v) is 5.32. The van der Waals surface area contributed by atoms with Crippen LogP contribution in [0.5, 0.6) is 0 Å². The summed E-state index contributed by atoms with van der Waals surface area (Å²) in [5, 5.41) is 14.0. The maximum Gasteiger partial charge on any atom is 0.471 e. The summed E-state index contributed by atoms with van der Waals surface area (Å²) >= 11 is 0. The van der Waals surface area contributed by atoms with Crippen molar-refractivity contribution < 1.29 is 27.9 Å². The number of carbonyl (C=O) groups excluding carboxylic acids is 1. The Kier molecular flexibility index (Phi) is 3.16. The van der Waals surface area contributed by atoms with Crippen LogP contribution in [-0.4, -0.2) is 37.9 Å². The van der Waals surface area contributed by atoms with Gasteiger partial charge < -0.3 is 5.11 Å². The summed E-state index contributed by atoms with van der Waals surface area (Å²) in [5.41, 5.74) is 0. The van der Waals surface area contributed by atoms with Crippen molar-refractivity contribution in [2.45, 2.75) is 25.6 Å². The van der Waals surface area contributed by atoms with E-state index in [1.165, 1.54) is 10.00 Å². The lowest BCUT2D eigenvalue weighted by Gasteiger charge is -2.18. The molecule has 104 valence electrons. The van der Waals surface area contributed by atoms with Crippen LogP contribution in [0, 0.1) is 5.92 Å². The van der Waals surface area contributed by atoms with E-state index in [9.17, 15) is 22.8 Å². The van der Waals surface area contributed by atoms with Crippen LogP contribution in [0.3, 0.4) is 0 Å². The molecule has 0 radical (unpaired) electrons. The average Bonchev–Trinajstić information content (AvgIpc) is 2.68. The van der Waals surface area contributed by atoms with Crippen LogP contribution < -0.4 is 5.32 Å². The number of carbonyl (C=O) groups is 2. The third-order valence-electron chi connectivity index (χ3n) is 2.69. The third kappa shape index (κ3) is 2.83. The fraction of sp³-hybridized carbons (Fsp3) is 0.556. The molecule has 1 aliphatic heterocycles. The van der Waals surface area contributed by atoms with Gasteiger partial charge in [-0.2, -0.15) is 18.2 Å². The summed E-state index contributed by atoms with van der Waals surface area (Å²) in [6, 6.07) is 0. The molecule has 19 heavy (non-hydrogen) atoms. The topological polar surface area (TPSA) is 97.1 Å². The van der Waals surface area contributed by atoms with Crippen LogP contribution in [-0.2, 0) is 22.6 Å². The van der Waals surface area contributed by atoms with Gasteiger partial charge in [-0.05, 0) is 6.42 Å². The van der Waals surface area contributed by atoms with Gasteiger partial charge in [-0.1, -0.05) is 0 Å². The number of alkyl halides is 3. The van der Waals surface area contributed by atoms with Crippen LogP contribution >= 0.6 is 0 Å². The highest BCUT2D eigenvalue weighted by molar-refractivity contribution is 5.93. The number of hydrogen-bond acceptors (Lipinski definition) is 4. The summed E-state index contributed by atoms with van der Waals surface area (Å²) in [5.74, 6) is -3.93. The van der Waals surface area contributed by atoms with Crippen LogP contribution in [0.2, 0.25) is 0 Å². The van der Waals surface area contributed by atoms with E-state index in [0.717, 1.165) is 0 Å². The summed E-state index contributed by atoms with van der Waals surface area (Å²) in [6.45, 7) is 0.0273. The van der Waals surface area contributed by atoms with E-state index in [1.54, 1.807) is 0 Å². The molecule has 0 bridgehead atoms. The lowest BCUT2D eigenvalue weighted by atomic mass is 10.0. The number of rotatable bonds is 2. The number of fused-ring (bicyclic) bond motifs is 1. The Balaban J connectivity index is 2.11. The van der Waals surface area contributed by atoms with Gasteiger partial charge in [0.05, 0.1) is 12.5 Å². The maximum atomic E-state index is 12.0. The molecule has 2 N–H and O–H groups in total. The van der Waals surface area contributed by atoms with E-state index in [4.69, 9.17) is 5.11 Å². The maximum absolute atomic E-state index is 12.0. The Morgan fingerprint density at radius 3 is 2.68 bits per heavy atom. The Morgan fingerprint density at radius 2 is 2.11 bits per heavy atom. The first-order valence-electron chi connectivity index (χ1n) is 5.32. The number of carboxylic acids is 1. The zero-order chi connectivity index (χ0) is 14.2. The zero-order valence-corrected chi connectivity index (χ0v) is 9.44. The predicted octanol–water partition coefficient (Wildman–Crippen LogP) is 0.426. The molecule has 2 rings (SSSR count). The number of nitrogens with one attached hydrogen (secondary N) is 1. The van der Waals surface area contributed by atoms with E-state index >= 15 is 0 Å². The molecule has 1 aliphatic rings. The highest BCUT2D eigenvalue weighted by atomic mass is 19.4. The SMILES string of the molecule is O=C(O)C1CCc2nc(NC(=O)C(F)(F)F)nn2C1. The second-order valence-electron chi connectivity index (χ2n) is 4.06. The summed E-state index contributed by atoms with van der Waals surface area (Å²) in [4.78, 5) is 25.2. The van der Waals surface area contributed by atoms with Crippen molar-refractivity contribution >= 4 is 17.8 Å². The first kappa shape index (κ1) is 13.3. The van der Waals surface area contributed by atoms with Crippen molar-refractivity contribution in [3.05, 3.63) is 5.82 Å². The number of aromatic nitrogens is 3. The number of carboxylic acid groups (broad SMARTS) is 1. The van der Waals surface area contributed by atoms with Crippen molar-refractivity contribution in [3.8, 4) is 0 Å². The fourth-order valence-electron chi connectivity index (χ4n) is 1.74. The first-order chi connectivity index (χ1) is 8.77. The molecule has 1 aromatic rings. The molecular formula is C9H9F3N4O3. The Hall–Kier alpha value is -2.13. The Labute approximate surface area is 104 Å². The number of amides is 1. The summed E-state index contributed by atoms with van der Waals surface area (Å²) < 4.78 is 37.3. The molecule has 0 saturated heterocycles. The smallest absolute Gasteiger partial charge is 0.471 e. The molecular weight excluding hydrogens is 269 g/mol. The summed E-state index contributed by atoms with van der Waals surface area (Å²) in [7, 11) is 0. The van der Waals surface area contributed by atoms with Gasteiger partial charge in [-0.15, -0.1) is 5.10 Å². The second-order valence-corrected chi connectivity index (χ2v) is 4.06. The van der Waals surface area contributed by atoms with E-state index < -0.39 is 29.9 Å². The highest BCUT2D eigenvalue weighted by Crippen LogP contribution is 2.21. The van der Waals surface area contributed by atoms with E-state index in [2.05, 4.69) is 10.1 Å². The van der Waals surface area contributed by atoms with Gasteiger partial charge in [-0.25, -0.2) is 4.68 Å². The molecule has 1 unspecified atom stereocenters. The molecule has 0 aliphatic carbocycles. The molecule has 1 atom stereocenters. The molecule has 0 saturated carbocycles. The number of aryl methyl sites for hydroxylation is 1. The van der Waals surface area contributed by atoms with Crippen molar-refractivity contribution in [1.82, 2.24) is 14.8 Å². The molecule has 0 fully saturated rings. The highest BCUT2D eigenvalue weighted by Gasteiger charge is 2.39. The molecule has 7 nitrogen and oxygen atoms in total. The molecule has 0 spiro atoms. The normalized spacial score (nSPS) is 18.8. The number of nitrogens with zero attached hydrogens (tertiary/aromatic N) is 3. The lowest BCUT2D eigenvalue weighted by Crippen LogP contribution is -2.30. The third-order valence-corrected chi connectivity index (χ3v) is 2.69. The number of halogens is 3. The number of aliphatic carboxylic acids is 1. The number of anilines is 1. The van der Waals surface area contributed by atoms with Gasteiger partial charge in [0.15, 0.2) is 0 Å². The predicted molar refractivity (Wildman–Crippen MR) is 54.2 cm³/mol. The molecule has 1 aromatic heterocycles. The van der Waals surface area contributed by atoms with Crippen molar-refractivity contribution in [3.63, 3.8) is 0 Å². The van der Waals surface area contributed by atoms with Crippen molar-refractivity contribution in [2.75, 3.05) is 5.32 Å². The van der Waals surface area contributed by atoms with Gasteiger partial charge in [0.25, 0.3) is 0 Å². The van der Waals surface area contributed by atoms with Gasteiger partial charge in [0.1, 0.15) is 5.82 Å². The Bertz CT molecular complexity index is 525. The van der Waals surface area contributed by atoms with Gasteiger partial charge in [0.2, 0.25) is 5.95 Å². The van der Waals surface area contributed by atoms with Crippen LogP contribution in [0.4, 0.5) is 19.1 Å². The Morgan fingerprint density at radius 1 is 1.42 bits per heavy atom. The summed E-state index contributed by atoms with van der Waals surface area (Å²) in [6.07, 6.45) is -4.40. The van der Waals surface area contributed by atoms with Gasteiger partial charge in [0, 0.05) is 6.42 Å². The van der Waals surface area contributed by atoms with Crippen LogP contribution in [0.15, 0.2) is 0 Å². The van der Waals surface area contributed by atoms with Crippen molar-refractivity contribution in [1.29, 1.82) is 0 Å². The van der Waals surface area contributed by atoms with E-state index in [-0.39, 0.29) is 13.0 Å². The minimum absolute atomic E-state index is 0.0273. The minimum Gasteiger partial charge on any atom is -0.481 e. The fourth-order valence-corrected chi connectivity index (χ4v) is 1.74.